The van der Waals surface area contributed by atoms with Gasteiger partial charge in [0.1, 0.15) is 16.9 Å². The molecular weight excluding hydrogens is 582 g/mol. The van der Waals surface area contributed by atoms with E-state index < -0.39 is 42.2 Å². The zero-order valence-electron chi connectivity index (χ0n) is 20.5. The number of halogens is 6. The SMILES string of the molecule is Cc1c(-c2ccc(Oc3ccc4ncncc4c3)c(OC(F)(F)F)c2)sc2c1c(=O)[nH]c(=O)n2C[C@@H](O)C(F)(F)F. The highest BCUT2D eigenvalue weighted by atomic mass is 32.1. The van der Waals surface area contributed by atoms with Crippen LogP contribution in [-0.4, -0.2) is 43.3 Å². The van der Waals surface area contributed by atoms with Gasteiger partial charge < -0.3 is 14.6 Å². The number of H-pyrrole nitrogens is 1. The van der Waals surface area contributed by atoms with Crippen LogP contribution >= 0.6 is 11.3 Å². The average Bonchev–Trinajstić information content (AvgIpc) is 3.23. The minimum absolute atomic E-state index is 0.0944. The maximum absolute atomic E-state index is 13.3. The molecule has 0 aliphatic rings. The van der Waals surface area contributed by atoms with Crippen LogP contribution in [0.5, 0.6) is 17.2 Å². The first kappa shape index (κ1) is 28.1. The van der Waals surface area contributed by atoms with Crippen molar-refractivity contribution >= 4 is 32.5 Å². The summed E-state index contributed by atoms with van der Waals surface area (Å²) < 4.78 is 89.4. The van der Waals surface area contributed by atoms with Gasteiger partial charge in [0.2, 0.25) is 0 Å². The zero-order valence-corrected chi connectivity index (χ0v) is 21.3. The van der Waals surface area contributed by atoms with Gasteiger partial charge in [-0.05, 0) is 54.4 Å². The fourth-order valence-electron chi connectivity index (χ4n) is 4.08. The zero-order chi connectivity index (χ0) is 29.7. The third-order valence-corrected chi connectivity index (χ3v) is 7.30. The van der Waals surface area contributed by atoms with Crippen molar-refractivity contribution in [2.75, 3.05) is 0 Å². The van der Waals surface area contributed by atoms with E-state index in [1.165, 1.54) is 43.7 Å². The summed E-state index contributed by atoms with van der Waals surface area (Å²) in [7, 11) is 0. The summed E-state index contributed by atoms with van der Waals surface area (Å²) >= 11 is 0.695. The van der Waals surface area contributed by atoms with Gasteiger partial charge in [-0.1, -0.05) is 0 Å². The van der Waals surface area contributed by atoms with E-state index in [0.717, 1.165) is 6.07 Å². The third-order valence-electron chi connectivity index (χ3n) is 5.93. The summed E-state index contributed by atoms with van der Waals surface area (Å²) in [6.45, 7) is 0.214. The second-order valence-corrected chi connectivity index (χ2v) is 9.72. The maximum atomic E-state index is 13.3. The van der Waals surface area contributed by atoms with Gasteiger partial charge >= 0.3 is 18.2 Å². The smallest absolute Gasteiger partial charge is 0.453 e. The molecule has 214 valence electrons. The largest absolute Gasteiger partial charge is 0.573 e. The summed E-state index contributed by atoms with van der Waals surface area (Å²) in [5.41, 5.74) is -1.25. The van der Waals surface area contributed by atoms with E-state index >= 15 is 0 Å². The Bertz CT molecular complexity index is 1900. The van der Waals surface area contributed by atoms with Crippen LogP contribution in [0.2, 0.25) is 0 Å². The quantitative estimate of drug-likeness (QED) is 0.255. The molecule has 0 fully saturated rings. The Hall–Kier alpha value is -4.44. The molecule has 5 aromatic rings. The van der Waals surface area contributed by atoms with Gasteiger partial charge in [-0.2, -0.15) is 13.2 Å². The highest BCUT2D eigenvalue weighted by Gasteiger charge is 2.39. The number of aliphatic hydroxyl groups excluding tert-OH is 1. The number of aryl methyl sites for hydroxylation is 1. The minimum Gasteiger partial charge on any atom is -0.453 e. The van der Waals surface area contributed by atoms with E-state index in [0.29, 0.717) is 26.8 Å². The Labute approximate surface area is 228 Å². The fraction of sp³-hybridized carbons (Fsp3) is 0.200. The predicted octanol–water partition coefficient (Wildman–Crippen LogP) is 5.28. The number of aliphatic hydroxyl groups is 1. The molecule has 2 N–H and O–H groups in total. The predicted molar refractivity (Wildman–Crippen MR) is 135 cm³/mol. The Morgan fingerprint density at radius 1 is 1.07 bits per heavy atom. The van der Waals surface area contributed by atoms with Crippen molar-refractivity contribution < 1.29 is 40.9 Å². The molecule has 0 aliphatic carbocycles. The molecule has 0 aliphatic heterocycles. The van der Waals surface area contributed by atoms with E-state index in [1.807, 2.05) is 4.98 Å². The number of ether oxygens (including phenoxy) is 2. The van der Waals surface area contributed by atoms with E-state index in [2.05, 4.69) is 14.7 Å². The second-order valence-electron chi connectivity index (χ2n) is 8.72. The number of aromatic nitrogens is 4. The Morgan fingerprint density at radius 3 is 2.54 bits per heavy atom. The van der Waals surface area contributed by atoms with E-state index in [-0.39, 0.29) is 37.7 Å². The molecule has 5 rings (SSSR count). The van der Waals surface area contributed by atoms with Crippen LogP contribution in [0.3, 0.4) is 0 Å². The molecule has 0 amide bonds. The molecule has 0 unspecified atom stereocenters. The molecule has 0 saturated heterocycles. The summed E-state index contributed by atoms with van der Waals surface area (Å²) in [6.07, 6.45) is -10.3. The van der Waals surface area contributed by atoms with Crippen LogP contribution in [0, 0.1) is 6.92 Å². The van der Waals surface area contributed by atoms with Gasteiger partial charge in [0.25, 0.3) is 5.56 Å². The van der Waals surface area contributed by atoms with Crippen molar-refractivity contribution in [1.82, 2.24) is 19.5 Å². The molecule has 1 atom stereocenters. The molecular formula is C25H16F6N4O5S. The van der Waals surface area contributed by atoms with Crippen LogP contribution in [-0.2, 0) is 6.54 Å². The Balaban J connectivity index is 1.61. The number of thiophene rings is 1. The lowest BCUT2D eigenvalue weighted by atomic mass is 10.1. The molecule has 3 heterocycles. The number of aromatic amines is 1. The molecule has 0 bridgehead atoms. The number of nitrogens with zero attached hydrogens (tertiary/aromatic N) is 3. The van der Waals surface area contributed by atoms with Gasteiger partial charge in [0.15, 0.2) is 17.6 Å². The van der Waals surface area contributed by atoms with Gasteiger partial charge in [-0.15, -0.1) is 24.5 Å². The first-order chi connectivity index (χ1) is 19.2. The molecule has 0 radical (unpaired) electrons. The van der Waals surface area contributed by atoms with E-state index in [9.17, 15) is 41.0 Å². The van der Waals surface area contributed by atoms with Gasteiger partial charge in [0, 0.05) is 16.5 Å². The normalized spacial score (nSPS) is 13.1. The summed E-state index contributed by atoms with van der Waals surface area (Å²) in [6, 6.07) is 8.12. The van der Waals surface area contributed by atoms with Crippen molar-refractivity contribution in [2.45, 2.75) is 32.1 Å². The lowest BCUT2D eigenvalue weighted by molar-refractivity contribution is -0.275. The number of nitrogens with one attached hydrogen (secondary N) is 1. The van der Waals surface area contributed by atoms with E-state index in [1.54, 1.807) is 6.07 Å². The maximum Gasteiger partial charge on any atom is 0.573 e. The monoisotopic (exact) mass is 598 g/mol. The van der Waals surface area contributed by atoms with Crippen LogP contribution in [0.15, 0.2) is 58.5 Å². The minimum atomic E-state index is -5.12. The molecule has 3 aromatic heterocycles. The molecule has 0 saturated carbocycles. The highest BCUT2D eigenvalue weighted by molar-refractivity contribution is 7.22. The van der Waals surface area contributed by atoms with Crippen molar-refractivity contribution in [3.8, 4) is 27.7 Å². The van der Waals surface area contributed by atoms with Crippen molar-refractivity contribution in [3.05, 3.63) is 75.3 Å². The molecule has 9 nitrogen and oxygen atoms in total. The first-order valence-corrected chi connectivity index (χ1v) is 12.3. The highest BCUT2D eigenvalue weighted by Crippen LogP contribution is 2.42. The Morgan fingerprint density at radius 2 is 1.83 bits per heavy atom. The third kappa shape index (κ3) is 5.74. The Kier molecular flexibility index (Phi) is 6.98. The van der Waals surface area contributed by atoms with Crippen LogP contribution < -0.4 is 20.7 Å². The lowest BCUT2D eigenvalue weighted by Gasteiger charge is -2.16. The van der Waals surface area contributed by atoms with E-state index in [4.69, 9.17) is 4.74 Å². The second kappa shape index (κ2) is 10.2. The average molecular weight is 598 g/mol. The topological polar surface area (TPSA) is 119 Å². The summed E-state index contributed by atoms with van der Waals surface area (Å²) in [4.78, 5) is 34.7. The van der Waals surface area contributed by atoms with Crippen LogP contribution in [0.1, 0.15) is 5.56 Å². The van der Waals surface area contributed by atoms with Gasteiger partial charge in [-0.25, -0.2) is 14.8 Å². The standard InChI is InChI=1S/C25H16F6N4O5S/c1-11-19-21(37)34-23(38)35(9-18(36)24(26,27)28)22(19)41-20(11)12-2-5-16(17(7-12)40-25(29,30)31)39-14-3-4-15-13(6-14)8-32-10-33-15/h2-8,10,18,36H,9H2,1H3,(H,34,37,38)/t18-/m1/s1. The number of benzene rings is 2. The summed E-state index contributed by atoms with van der Waals surface area (Å²) in [5.74, 6) is -0.900. The summed E-state index contributed by atoms with van der Waals surface area (Å²) in [5, 5.41) is 9.93. The van der Waals surface area contributed by atoms with Gasteiger partial charge in [-0.3, -0.25) is 14.3 Å². The van der Waals surface area contributed by atoms with Crippen molar-refractivity contribution in [1.29, 1.82) is 0 Å². The first-order valence-electron chi connectivity index (χ1n) is 11.5. The number of hydrogen-bond acceptors (Lipinski definition) is 8. The number of rotatable bonds is 6. The molecule has 41 heavy (non-hydrogen) atoms. The van der Waals surface area contributed by atoms with Gasteiger partial charge in [0.05, 0.1) is 17.4 Å². The molecule has 16 heteroatoms. The number of hydrogen-bond donors (Lipinski definition) is 2. The van der Waals surface area contributed by atoms with Crippen LogP contribution in [0.25, 0.3) is 31.6 Å². The molecule has 0 spiro atoms. The number of fused-ring (bicyclic) bond motifs is 2. The lowest BCUT2D eigenvalue weighted by Crippen LogP contribution is -2.38. The fourth-order valence-corrected chi connectivity index (χ4v) is 5.39. The number of alkyl halides is 6. The van der Waals surface area contributed by atoms with Crippen molar-refractivity contribution in [3.63, 3.8) is 0 Å². The van der Waals surface area contributed by atoms with Crippen LogP contribution in [0.4, 0.5) is 26.3 Å². The molecule has 2 aromatic carbocycles. The van der Waals surface area contributed by atoms with Crippen molar-refractivity contribution in [2.24, 2.45) is 0 Å².